The zero-order valence-corrected chi connectivity index (χ0v) is 15.4. The number of anilines is 2. The summed E-state index contributed by atoms with van der Waals surface area (Å²) in [5.74, 6) is 0.977. The number of carbonyl (C=O) groups excluding carboxylic acids is 1. The molecule has 1 N–H and O–H groups in total. The molecule has 1 aliphatic heterocycles. The molecule has 5 nitrogen and oxygen atoms in total. The molecule has 0 bridgehead atoms. The van der Waals surface area contributed by atoms with Crippen molar-refractivity contribution in [1.82, 2.24) is 9.97 Å². The Bertz CT molecular complexity index is 946. The fourth-order valence-corrected chi connectivity index (χ4v) is 3.43. The first-order chi connectivity index (χ1) is 13.7. The lowest BCUT2D eigenvalue weighted by molar-refractivity contribution is -0.120. The Kier molecular flexibility index (Phi) is 5.28. The predicted molar refractivity (Wildman–Crippen MR) is 107 cm³/mol. The number of nitrogens with one attached hydrogen (secondary N) is 1. The minimum Gasteiger partial charge on any atom is -0.356 e. The van der Waals surface area contributed by atoms with E-state index in [9.17, 15) is 9.18 Å². The first-order valence-corrected chi connectivity index (χ1v) is 9.39. The molecule has 1 aliphatic rings. The van der Waals surface area contributed by atoms with Crippen LogP contribution in [-0.2, 0) is 4.79 Å². The van der Waals surface area contributed by atoms with Gasteiger partial charge < -0.3 is 10.2 Å². The van der Waals surface area contributed by atoms with Crippen molar-refractivity contribution in [1.29, 1.82) is 0 Å². The van der Waals surface area contributed by atoms with Crippen molar-refractivity contribution in [3.8, 4) is 11.4 Å². The molecule has 4 rings (SSSR count). The van der Waals surface area contributed by atoms with E-state index in [1.807, 2.05) is 36.4 Å². The van der Waals surface area contributed by atoms with Gasteiger partial charge in [-0.15, -0.1) is 0 Å². The second-order valence-electron chi connectivity index (χ2n) is 6.89. The summed E-state index contributed by atoms with van der Waals surface area (Å²) in [5, 5.41) is 2.99. The van der Waals surface area contributed by atoms with Crippen molar-refractivity contribution in [3.63, 3.8) is 0 Å². The highest BCUT2D eigenvalue weighted by atomic mass is 19.1. The van der Waals surface area contributed by atoms with Gasteiger partial charge in [-0.3, -0.25) is 4.79 Å². The van der Waals surface area contributed by atoms with Crippen molar-refractivity contribution in [2.24, 2.45) is 5.92 Å². The molecule has 142 valence electrons. The summed E-state index contributed by atoms with van der Waals surface area (Å²) in [6.07, 6.45) is 3.47. The van der Waals surface area contributed by atoms with E-state index in [1.165, 1.54) is 12.1 Å². The maximum Gasteiger partial charge on any atom is 0.229 e. The topological polar surface area (TPSA) is 58.1 Å². The number of nitrogens with zero attached hydrogens (tertiary/aromatic N) is 3. The van der Waals surface area contributed by atoms with Gasteiger partial charge in [0.1, 0.15) is 11.6 Å². The maximum absolute atomic E-state index is 13.2. The standard InChI is InChI=1S/C22H21FN4O/c23-18-10-8-16(9-11-18)21-24-13-12-20(26-21)27-14-4-5-17(15-27)22(28)25-19-6-2-1-3-7-19/h1-3,6-13,17H,4-5,14-15H2,(H,25,28)/t17-/m0/s1. The largest absolute Gasteiger partial charge is 0.356 e. The molecule has 2 aromatic carbocycles. The zero-order chi connectivity index (χ0) is 19.3. The fraction of sp³-hybridized carbons (Fsp3) is 0.227. The summed E-state index contributed by atoms with van der Waals surface area (Å²) in [5.41, 5.74) is 1.57. The van der Waals surface area contributed by atoms with Gasteiger partial charge in [0.05, 0.1) is 5.92 Å². The Balaban J connectivity index is 1.48. The van der Waals surface area contributed by atoms with Crippen LogP contribution in [0.2, 0.25) is 0 Å². The highest BCUT2D eigenvalue weighted by Gasteiger charge is 2.26. The summed E-state index contributed by atoms with van der Waals surface area (Å²) in [7, 11) is 0. The first-order valence-electron chi connectivity index (χ1n) is 9.39. The van der Waals surface area contributed by atoms with Crippen LogP contribution < -0.4 is 10.2 Å². The lowest BCUT2D eigenvalue weighted by atomic mass is 9.97. The molecule has 0 saturated carbocycles. The van der Waals surface area contributed by atoms with Crippen molar-refractivity contribution < 1.29 is 9.18 Å². The SMILES string of the molecule is O=C(Nc1ccccc1)[C@H]1CCCN(c2ccnc(-c3ccc(F)cc3)n2)C1. The minimum atomic E-state index is -0.289. The molecule has 2 heterocycles. The number of aromatic nitrogens is 2. The molecule has 0 radical (unpaired) electrons. The number of hydrogen-bond acceptors (Lipinski definition) is 4. The van der Waals surface area contributed by atoms with E-state index in [-0.39, 0.29) is 17.6 Å². The van der Waals surface area contributed by atoms with Crippen LogP contribution >= 0.6 is 0 Å². The van der Waals surface area contributed by atoms with E-state index < -0.39 is 0 Å². The highest BCUT2D eigenvalue weighted by molar-refractivity contribution is 5.93. The lowest BCUT2D eigenvalue weighted by Gasteiger charge is -2.33. The van der Waals surface area contributed by atoms with Gasteiger partial charge in [-0.25, -0.2) is 14.4 Å². The predicted octanol–water partition coefficient (Wildman–Crippen LogP) is 4.14. The molecular formula is C22H21FN4O. The number of carbonyl (C=O) groups is 1. The van der Waals surface area contributed by atoms with E-state index >= 15 is 0 Å². The summed E-state index contributed by atoms with van der Waals surface area (Å²) in [6, 6.07) is 17.5. The Morgan fingerprint density at radius 2 is 1.86 bits per heavy atom. The van der Waals surface area contributed by atoms with E-state index in [1.54, 1.807) is 18.3 Å². The summed E-state index contributed by atoms with van der Waals surface area (Å²) in [4.78, 5) is 23.7. The van der Waals surface area contributed by atoms with Crippen molar-refractivity contribution >= 4 is 17.4 Å². The number of benzene rings is 2. The van der Waals surface area contributed by atoms with Gasteiger partial charge in [-0.1, -0.05) is 18.2 Å². The molecule has 1 atom stereocenters. The summed E-state index contributed by atoms with van der Waals surface area (Å²) in [6.45, 7) is 1.45. The van der Waals surface area contributed by atoms with Crippen LogP contribution in [0, 0.1) is 11.7 Å². The van der Waals surface area contributed by atoms with Crippen LogP contribution in [0.1, 0.15) is 12.8 Å². The molecule has 28 heavy (non-hydrogen) atoms. The average Bonchev–Trinajstić information content (AvgIpc) is 2.75. The van der Waals surface area contributed by atoms with E-state index in [0.717, 1.165) is 36.5 Å². The van der Waals surface area contributed by atoms with Crippen LogP contribution in [-0.4, -0.2) is 29.0 Å². The second-order valence-corrected chi connectivity index (χ2v) is 6.89. The van der Waals surface area contributed by atoms with E-state index in [2.05, 4.69) is 20.2 Å². The molecule has 1 saturated heterocycles. The molecule has 1 fully saturated rings. The molecule has 1 aromatic heterocycles. The van der Waals surface area contributed by atoms with Crippen LogP contribution in [0.4, 0.5) is 15.9 Å². The van der Waals surface area contributed by atoms with Gasteiger partial charge in [0.15, 0.2) is 5.82 Å². The third-order valence-electron chi connectivity index (χ3n) is 4.90. The number of para-hydroxylation sites is 1. The van der Waals surface area contributed by atoms with Crippen LogP contribution in [0.25, 0.3) is 11.4 Å². The van der Waals surface area contributed by atoms with Gasteiger partial charge in [0, 0.05) is 30.5 Å². The monoisotopic (exact) mass is 376 g/mol. The lowest BCUT2D eigenvalue weighted by Crippen LogP contribution is -2.41. The van der Waals surface area contributed by atoms with Gasteiger partial charge >= 0.3 is 0 Å². The summed E-state index contributed by atoms with van der Waals surface area (Å²) < 4.78 is 13.2. The summed E-state index contributed by atoms with van der Waals surface area (Å²) >= 11 is 0. The molecule has 0 aliphatic carbocycles. The molecular weight excluding hydrogens is 355 g/mol. The number of amides is 1. The molecule has 3 aromatic rings. The smallest absolute Gasteiger partial charge is 0.229 e. The molecule has 0 unspecified atom stereocenters. The molecule has 0 spiro atoms. The highest BCUT2D eigenvalue weighted by Crippen LogP contribution is 2.25. The normalized spacial score (nSPS) is 16.6. The van der Waals surface area contributed by atoms with Crippen LogP contribution in [0.3, 0.4) is 0 Å². The van der Waals surface area contributed by atoms with Crippen molar-refractivity contribution in [3.05, 3.63) is 72.7 Å². The fourth-order valence-electron chi connectivity index (χ4n) is 3.43. The van der Waals surface area contributed by atoms with Gasteiger partial charge in [0.25, 0.3) is 0 Å². The Labute approximate surface area is 163 Å². The number of piperidine rings is 1. The van der Waals surface area contributed by atoms with Gasteiger partial charge in [-0.2, -0.15) is 0 Å². The Morgan fingerprint density at radius 1 is 1.07 bits per heavy atom. The zero-order valence-electron chi connectivity index (χ0n) is 15.4. The minimum absolute atomic E-state index is 0.0312. The molecule has 6 heteroatoms. The second kappa shape index (κ2) is 8.17. The van der Waals surface area contributed by atoms with Crippen molar-refractivity contribution in [2.45, 2.75) is 12.8 Å². The number of hydrogen-bond donors (Lipinski definition) is 1. The van der Waals surface area contributed by atoms with Crippen molar-refractivity contribution in [2.75, 3.05) is 23.3 Å². The third-order valence-corrected chi connectivity index (χ3v) is 4.90. The van der Waals surface area contributed by atoms with Gasteiger partial charge in [-0.05, 0) is 55.3 Å². The molecule has 1 amide bonds. The average molecular weight is 376 g/mol. The third kappa shape index (κ3) is 4.17. The van der Waals surface area contributed by atoms with Crippen LogP contribution in [0.5, 0.6) is 0 Å². The van der Waals surface area contributed by atoms with E-state index in [0.29, 0.717) is 12.4 Å². The number of rotatable bonds is 4. The Hall–Kier alpha value is -3.28. The first kappa shape index (κ1) is 18.1. The maximum atomic E-state index is 13.2. The van der Waals surface area contributed by atoms with Gasteiger partial charge in [0.2, 0.25) is 5.91 Å². The van der Waals surface area contributed by atoms with E-state index in [4.69, 9.17) is 0 Å². The quantitative estimate of drug-likeness (QED) is 0.744. The Morgan fingerprint density at radius 3 is 2.64 bits per heavy atom. The van der Waals surface area contributed by atoms with Crippen LogP contribution in [0.15, 0.2) is 66.9 Å². The number of halogens is 1.